The van der Waals surface area contributed by atoms with Crippen molar-refractivity contribution < 1.29 is 18.0 Å². The van der Waals surface area contributed by atoms with E-state index in [9.17, 15) is 18.0 Å². The Labute approximate surface area is 126 Å². The van der Waals surface area contributed by atoms with Gasteiger partial charge in [-0.15, -0.1) is 0 Å². The minimum atomic E-state index is -4.82. The van der Waals surface area contributed by atoms with Gasteiger partial charge in [0, 0.05) is 36.1 Å². The third-order valence-corrected chi connectivity index (χ3v) is 4.41. The van der Waals surface area contributed by atoms with Crippen LogP contribution in [0.15, 0.2) is 24.3 Å². The molecular weight excluding hydrogens is 293 g/mol. The number of carbonyl (C=O) groups is 1. The highest BCUT2D eigenvalue weighted by Crippen LogP contribution is 2.38. The first kappa shape index (κ1) is 14.9. The van der Waals surface area contributed by atoms with Crippen molar-refractivity contribution in [1.82, 2.24) is 9.88 Å². The predicted octanol–water partition coefficient (Wildman–Crippen LogP) is 3.28. The number of halogens is 3. The first-order valence-corrected chi connectivity index (χ1v) is 7.31. The summed E-state index contributed by atoms with van der Waals surface area (Å²) in [5, 5.41) is 3.11. The van der Waals surface area contributed by atoms with Crippen LogP contribution in [0.1, 0.15) is 30.0 Å². The third kappa shape index (κ3) is 2.46. The van der Waals surface area contributed by atoms with Gasteiger partial charge in [0.15, 0.2) is 0 Å². The standard InChI is InChI=1S/C16H17F3N2O/c1-21-12-7-3-2-6-11(12)14-10(5-4-8-13(14)21)9-20-15(22)16(17,18)19/h2-3,6-7,10H,4-5,8-9H2,1H3,(H,20,22). The number of rotatable bonds is 2. The van der Waals surface area contributed by atoms with Gasteiger partial charge < -0.3 is 9.88 Å². The largest absolute Gasteiger partial charge is 0.471 e. The third-order valence-electron chi connectivity index (χ3n) is 4.41. The average molecular weight is 310 g/mol. The molecule has 22 heavy (non-hydrogen) atoms. The number of nitrogens with one attached hydrogen (secondary N) is 1. The number of aryl methyl sites for hydroxylation is 1. The smallest absolute Gasteiger partial charge is 0.348 e. The highest BCUT2D eigenvalue weighted by molar-refractivity contribution is 5.86. The number of amides is 1. The number of nitrogens with zero attached hydrogens (tertiary/aromatic N) is 1. The number of para-hydroxylation sites is 1. The lowest BCUT2D eigenvalue weighted by Crippen LogP contribution is -2.39. The van der Waals surface area contributed by atoms with Gasteiger partial charge in [0.2, 0.25) is 0 Å². The van der Waals surface area contributed by atoms with Crippen molar-refractivity contribution in [2.24, 2.45) is 7.05 Å². The van der Waals surface area contributed by atoms with Gasteiger partial charge >= 0.3 is 12.1 Å². The first-order chi connectivity index (χ1) is 10.4. The molecule has 2 aromatic rings. The lowest BCUT2D eigenvalue weighted by Gasteiger charge is -2.24. The Kier molecular flexibility index (Phi) is 3.62. The van der Waals surface area contributed by atoms with Crippen LogP contribution < -0.4 is 5.32 Å². The number of carbonyl (C=O) groups excluding carboxylic acids is 1. The fourth-order valence-electron chi connectivity index (χ4n) is 3.41. The summed E-state index contributed by atoms with van der Waals surface area (Å²) in [4.78, 5) is 11.0. The van der Waals surface area contributed by atoms with Gasteiger partial charge in [-0.3, -0.25) is 4.79 Å². The Balaban J connectivity index is 1.91. The van der Waals surface area contributed by atoms with E-state index in [1.807, 2.05) is 36.6 Å². The molecule has 1 aliphatic rings. The fourth-order valence-corrected chi connectivity index (χ4v) is 3.41. The normalized spacial score (nSPS) is 18.3. The molecule has 1 aromatic carbocycles. The van der Waals surface area contributed by atoms with E-state index in [4.69, 9.17) is 0 Å². The quantitative estimate of drug-likeness (QED) is 0.907. The second-order valence-electron chi connectivity index (χ2n) is 5.73. The van der Waals surface area contributed by atoms with Gasteiger partial charge in [0.25, 0.3) is 0 Å². The van der Waals surface area contributed by atoms with E-state index in [2.05, 4.69) is 4.57 Å². The Bertz CT molecular complexity index is 718. The van der Waals surface area contributed by atoms with Gasteiger partial charge in [0.05, 0.1) is 0 Å². The summed E-state index contributed by atoms with van der Waals surface area (Å²) in [5.74, 6) is -1.93. The van der Waals surface area contributed by atoms with Gasteiger partial charge in [-0.25, -0.2) is 0 Å². The molecular formula is C16H17F3N2O. The molecule has 3 nitrogen and oxygen atoms in total. The summed E-state index contributed by atoms with van der Waals surface area (Å²) in [7, 11) is 1.98. The van der Waals surface area contributed by atoms with Crippen molar-refractivity contribution in [2.45, 2.75) is 31.4 Å². The number of hydrogen-bond donors (Lipinski definition) is 1. The lowest BCUT2D eigenvalue weighted by atomic mass is 9.85. The van der Waals surface area contributed by atoms with E-state index in [0.717, 1.165) is 35.7 Å². The summed E-state index contributed by atoms with van der Waals surface area (Å²) >= 11 is 0. The first-order valence-electron chi connectivity index (χ1n) is 7.31. The highest BCUT2D eigenvalue weighted by atomic mass is 19.4. The maximum absolute atomic E-state index is 12.3. The van der Waals surface area contributed by atoms with Gasteiger partial charge in [-0.1, -0.05) is 18.2 Å². The zero-order valence-electron chi connectivity index (χ0n) is 12.2. The maximum atomic E-state index is 12.3. The molecule has 0 spiro atoms. The fraction of sp³-hybridized carbons (Fsp3) is 0.438. The molecule has 1 aliphatic carbocycles. The molecule has 6 heteroatoms. The molecule has 1 unspecified atom stereocenters. The Morgan fingerprint density at radius 1 is 1.36 bits per heavy atom. The minimum absolute atomic E-state index is 0.0271. The van der Waals surface area contributed by atoms with Crippen molar-refractivity contribution in [2.75, 3.05) is 6.54 Å². The molecule has 1 atom stereocenters. The van der Waals surface area contributed by atoms with E-state index in [1.54, 1.807) is 0 Å². The van der Waals surface area contributed by atoms with Crippen LogP contribution in [0.3, 0.4) is 0 Å². The molecule has 0 saturated heterocycles. The topological polar surface area (TPSA) is 34.0 Å². The Morgan fingerprint density at radius 3 is 2.82 bits per heavy atom. The Hall–Kier alpha value is -1.98. The van der Waals surface area contributed by atoms with Crippen molar-refractivity contribution in [3.05, 3.63) is 35.5 Å². The summed E-state index contributed by atoms with van der Waals surface area (Å²) < 4.78 is 39.1. The average Bonchev–Trinajstić information content (AvgIpc) is 2.78. The monoisotopic (exact) mass is 310 g/mol. The van der Waals surface area contributed by atoms with Crippen LogP contribution in [0.5, 0.6) is 0 Å². The van der Waals surface area contributed by atoms with Crippen LogP contribution in [-0.4, -0.2) is 23.2 Å². The number of benzene rings is 1. The van der Waals surface area contributed by atoms with E-state index < -0.39 is 12.1 Å². The van der Waals surface area contributed by atoms with Gasteiger partial charge in [0.1, 0.15) is 0 Å². The summed E-state index contributed by atoms with van der Waals surface area (Å²) in [6.45, 7) is 0.0271. The van der Waals surface area contributed by atoms with Crippen LogP contribution in [0.4, 0.5) is 13.2 Å². The van der Waals surface area contributed by atoms with Crippen LogP contribution in [-0.2, 0) is 18.3 Å². The van der Waals surface area contributed by atoms with E-state index in [0.29, 0.717) is 0 Å². The predicted molar refractivity (Wildman–Crippen MR) is 77.7 cm³/mol. The van der Waals surface area contributed by atoms with Gasteiger partial charge in [-0.2, -0.15) is 13.2 Å². The summed E-state index contributed by atoms with van der Waals surface area (Å²) in [5.41, 5.74) is 3.34. The van der Waals surface area contributed by atoms with Crippen LogP contribution in [0.25, 0.3) is 10.9 Å². The Morgan fingerprint density at radius 2 is 2.09 bits per heavy atom. The number of alkyl halides is 3. The van der Waals surface area contributed by atoms with Crippen LogP contribution in [0.2, 0.25) is 0 Å². The van der Waals surface area contributed by atoms with E-state index in [1.165, 1.54) is 5.69 Å². The number of hydrogen-bond acceptors (Lipinski definition) is 1. The van der Waals surface area contributed by atoms with Gasteiger partial charge in [-0.05, 0) is 30.9 Å². The van der Waals surface area contributed by atoms with Crippen molar-refractivity contribution >= 4 is 16.8 Å². The molecule has 0 bridgehead atoms. The SMILES string of the molecule is Cn1c2c(c3ccccc31)C(CNC(=O)C(F)(F)F)CCC2. The molecule has 0 saturated carbocycles. The van der Waals surface area contributed by atoms with Crippen molar-refractivity contribution in [1.29, 1.82) is 0 Å². The number of aromatic nitrogens is 1. The second kappa shape index (κ2) is 5.34. The molecule has 1 N–H and O–H groups in total. The van der Waals surface area contributed by atoms with Crippen molar-refractivity contribution in [3.8, 4) is 0 Å². The zero-order chi connectivity index (χ0) is 15.9. The summed E-state index contributed by atoms with van der Waals surface area (Å²) in [6.07, 6.45) is -2.19. The summed E-state index contributed by atoms with van der Waals surface area (Å²) in [6, 6.07) is 7.90. The molecule has 0 aliphatic heterocycles. The molecule has 0 fully saturated rings. The zero-order valence-corrected chi connectivity index (χ0v) is 12.2. The number of fused-ring (bicyclic) bond motifs is 3. The van der Waals surface area contributed by atoms with Crippen LogP contribution >= 0.6 is 0 Å². The van der Waals surface area contributed by atoms with Crippen LogP contribution in [0, 0.1) is 0 Å². The molecule has 0 radical (unpaired) electrons. The van der Waals surface area contributed by atoms with E-state index in [-0.39, 0.29) is 12.5 Å². The van der Waals surface area contributed by atoms with E-state index >= 15 is 0 Å². The molecule has 1 amide bonds. The molecule has 118 valence electrons. The molecule has 1 heterocycles. The lowest BCUT2D eigenvalue weighted by molar-refractivity contribution is -0.173. The minimum Gasteiger partial charge on any atom is -0.348 e. The highest BCUT2D eigenvalue weighted by Gasteiger charge is 2.39. The second-order valence-corrected chi connectivity index (χ2v) is 5.73. The maximum Gasteiger partial charge on any atom is 0.471 e. The molecule has 3 rings (SSSR count). The molecule has 1 aromatic heterocycles. The van der Waals surface area contributed by atoms with Crippen molar-refractivity contribution in [3.63, 3.8) is 0 Å².